The molecule has 2 aliphatic rings. The highest BCUT2D eigenvalue weighted by Gasteiger charge is 2.45. The largest absolute Gasteiger partial charge is 0.481 e. The van der Waals surface area contributed by atoms with E-state index in [1.807, 2.05) is 0 Å². The highest BCUT2D eigenvalue weighted by Crippen LogP contribution is 2.48. The first-order valence-corrected chi connectivity index (χ1v) is 7.27. The lowest BCUT2D eigenvalue weighted by atomic mass is 9.69. The van der Waals surface area contributed by atoms with Crippen LogP contribution in [0.15, 0.2) is 0 Å². The molecule has 108 valence electrons. The van der Waals surface area contributed by atoms with Crippen molar-refractivity contribution in [2.24, 2.45) is 10.8 Å². The summed E-state index contributed by atoms with van der Waals surface area (Å²) in [5.41, 5.74) is -0.384. The standard InChI is InChI=1S/C14H24N2O3/c1-2-4-13(7-8-13)9-15-12(19)16-10-14(11(17)18)5-3-6-14/h2-10H2,1H3,(H,17,18)(H2,15,16,19). The van der Waals surface area contributed by atoms with E-state index >= 15 is 0 Å². The number of urea groups is 1. The predicted octanol–water partition coefficient (Wildman–Crippen LogP) is 2.12. The molecule has 3 N–H and O–H groups in total. The summed E-state index contributed by atoms with van der Waals surface area (Å²) in [5.74, 6) is -0.788. The predicted molar refractivity (Wildman–Crippen MR) is 71.9 cm³/mol. The third-order valence-electron chi connectivity index (χ3n) is 4.71. The highest BCUT2D eigenvalue weighted by molar-refractivity contribution is 5.78. The van der Waals surface area contributed by atoms with Crippen LogP contribution >= 0.6 is 0 Å². The molecule has 0 saturated heterocycles. The minimum atomic E-state index is -0.788. The van der Waals surface area contributed by atoms with Crippen molar-refractivity contribution >= 4 is 12.0 Å². The molecule has 0 aromatic heterocycles. The lowest BCUT2D eigenvalue weighted by Gasteiger charge is -2.37. The van der Waals surface area contributed by atoms with Gasteiger partial charge in [-0.15, -0.1) is 0 Å². The van der Waals surface area contributed by atoms with Crippen molar-refractivity contribution in [2.75, 3.05) is 13.1 Å². The van der Waals surface area contributed by atoms with Gasteiger partial charge in [0, 0.05) is 13.1 Å². The van der Waals surface area contributed by atoms with Gasteiger partial charge in [0.1, 0.15) is 0 Å². The fourth-order valence-corrected chi connectivity index (χ4v) is 2.87. The summed E-state index contributed by atoms with van der Waals surface area (Å²) < 4.78 is 0. The van der Waals surface area contributed by atoms with Crippen LogP contribution in [0.4, 0.5) is 4.79 Å². The smallest absolute Gasteiger partial charge is 0.314 e. The minimum Gasteiger partial charge on any atom is -0.481 e. The van der Waals surface area contributed by atoms with Crippen molar-refractivity contribution in [1.29, 1.82) is 0 Å². The molecule has 5 nitrogen and oxygen atoms in total. The van der Waals surface area contributed by atoms with Gasteiger partial charge in [-0.1, -0.05) is 19.8 Å². The third-order valence-corrected chi connectivity index (χ3v) is 4.71. The van der Waals surface area contributed by atoms with Crippen molar-refractivity contribution < 1.29 is 14.7 Å². The van der Waals surface area contributed by atoms with Crippen LogP contribution < -0.4 is 10.6 Å². The second kappa shape index (κ2) is 5.39. The number of carbonyl (C=O) groups is 2. The first kappa shape index (κ1) is 14.2. The molecule has 0 aromatic rings. The van der Waals surface area contributed by atoms with Crippen LogP contribution in [-0.2, 0) is 4.79 Å². The number of aliphatic carboxylic acids is 1. The van der Waals surface area contributed by atoms with Crippen LogP contribution in [0.2, 0.25) is 0 Å². The zero-order valence-electron chi connectivity index (χ0n) is 11.6. The first-order chi connectivity index (χ1) is 9.02. The summed E-state index contributed by atoms with van der Waals surface area (Å²) in [6, 6.07) is -0.227. The molecule has 19 heavy (non-hydrogen) atoms. The van der Waals surface area contributed by atoms with Crippen LogP contribution in [0.5, 0.6) is 0 Å². The maximum Gasteiger partial charge on any atom is 0.314 e. The molecule has 2 fully saturated rings. The molecule has 0 spiro atoms. The zero-order chi connectivity index (χ0) is 13.9. The fourth-order valence-electron chi connectivity index (χ4n) is 2.87. The number of carbonyl (C=O) groups excluding carboxylic acids is 1. The van der Waals surface area contributed by atoms with Gasteiger partial charge >= 0.3 is 12.0 Å². The van der Waals surface area contributed by atoms with Crippen LogP contribution in [0.1, 0.15) is 51.9 Å². The molecular weight excluding hydrogens is 244 g/mol. The van der Waals surface area contributed by atoms with Gasteiger partial charge in [0.25, 0.3) is 0 Å². The van der Waals surface area contributed by atoms with Gasteiger partial charge < -0.3 is 15.7 Å². The van der Waals surface area contributed by atoms with E-state index in [2.05, 4.69) is 17.6 Å². The van der Waals surface area contributed by atoms with Crippen LogP contribution in [-0.4, -0.2) is 30.2 Å². The van der Waals surface area contributed by atoms with E-state index in [9.17, 15) is 9.59 Å². The molecule has 0 bridgehead atoms. The molecule has 5 heteroatoms. The lowest BCUT2D eigenvalue weighted by molar-refractivity contribution is -0.153. The van der Waals surface area contributed by atoms with Crippen molar-refractivity contribution in [3.05, 3.63) is 0 Å². The SMILES string of the molecule is CCCC1(CNC(=O)NCC2(C(=O)O)CCC2)CC1. The second-order valence-electron chi connectivity index (χ2n) is 6.23. The Bertz CT molecular complexity index is 360. The zero-order valence-corrected chi connectivity index (χ0v) is 11.6. The quantitative estimate of drug-likeness (QED) is 0.661. The first-order valence-electron chi connectivity index (χ1n) is 7.27. The number of carboxylic acid groups (broad SMARTS) is 1. The van der Waals surface area contributed by atoms with Crippen molar-refractivity contribution in [2.45, 2.75) is 51.9 Å². The molecule has 2 saturated carbocycles. The summed E-state index contributed by atoms with van der Waals surface area (Å²) >= 11 is 0. The molecule has 0 aliphatic heterocycles. The monoisotopic (exact) mass is 268 g/mol. The number of nitrogens with one attached hydrogen (secondary N) is 2. The van der Waals surface area contributed by atoms with Gasteiger partial charge in [-0.05, 0) is 37.5 Å². The normalized spacial score (nSPS) is 22.2. The number of amides is 2. The van der Waals surface area contributed by atoms with E-state index in [4.69, 9.17) is 5.11 Å². The average molecular weight is 268 g/mol. The Morgan fingerprint density at radius 3 is 2.16 bits per heavy atom. The fraction of sp³-hybridized carbons (Fsp3) is 0.857. The Morgan fingerprint density at radius 1 is 1.11 bits per heavy atom. The summed E-state index contributed by atoms with van der Waals surface area (Å²) in [6.07, 6.45) is 6.97. The third kappa shape index (κ3) is 3.19. The Morgan fingerprint density at radius 2 is 1.74 bits per heavy atom. The van der Waals surface area contributed by atoms with Crippen LogP contribution in [0, 0.1) is 10.8 Å². The number of hydrogen-bond acceptors (Lipinski definition) is 2. The van der Waals surface area contributed by atoms with Crippen molar-refractivity contribution in [3.63, 3.8) is 0 Å². The second-order valence-corrected chi connectivity index (χ2v) is 6.23. The summed E-state index contributed by atoms with van der Waals surface area (Å²) in [6.45, 7) is 3.12. The number of rotatable bonds is 7. The van der Waals surface area contributed by atoms with E-state index in [1.54, 1.807) is 0 Å². The van der Waals surface area contributed by atoms with E-state index in [0.29, 0.717) is 24.8 Å². The molecule has 2 rings (SSSR count). The molecule has 0 atom stereocenters. The van der Waals surface area contributed by atoms with E-state index in [-0.39, 0.29) is 12.6 Å². The van der Waals surface area contributed by atoms with Gasteiger partial charge in [0.2, 0.25) is 0 Å². The van der Waals surface area contributed by atoms with E-state index in [1.165, 1.54) is 12.8 Å². The van der Waals surface area contributed by atoms with Crippen molar-refractivity contribution in [1.82, 2.24) is 10.6 Å². The van der Waals surface area contributed by atoms with Gasteiger partial charge in [0.05, 0.1) is 5.41 Å². The Labute approximate surface area is 114 Å². The van der Waals surface area contributed by atoms with Crippen LogP contribution in [0.25, 0.3) is 0 Å². The molecule has 0 unspecified atom stereocenters. The topological polar surface area (TPSA) is 78.4 Å². The molecule has 2 amide bonds. The van der Waals surface area contributed by atoms with E-state index in [0.717, 1.165) is 19.3 Å². The molecule has 0 radical (unpaired) electrons. The molecule has 0 heterocycles. The molecule has 2 aliphatic carbocycles. The summed E-state index contributed by atoms with van der Waals surface area (Å²) in [5, 5.41) is 14.8. The lowest BCUT2D eigenvalue weighted by Crippen LogP contribution is -2.50. The summed E-state index contributed by atoms with van der Waals surface area (Å²) in [7, 11) is 0. The number of hydrogen-bond donors (Lipinski definition) is 3. The van der Waals surface area contributed by atoms with Gasteiger partial charge in [-0.3, -0.25) is 4.79 Å². The Hall–Kier alpha value is -1.26. The average Bonchev–Trinajstić information content (AvgIpc) is 3.05. The Kier molecular flexibility index (Phi) is 4.02. The van der Waals surface area contributed by atoms with Crippen LogP contribution in [0.3, 0.4) is 0 Å². The minimum absolute atomic E-state index is 0.227. The highest BCUT2D eigenvalue weighted by atomic mass is 16.4. The van der Waals surface area contributed by atoms with Gasteiger partial charge in [-0.25, -0.2) is 4.79 Å². The maximum atomic E-state index is 11.7. The Balaban J connectivity index is 1.69. The maximum absolute atomic E-state index is 11.7. The number of carboxylic acids is 1. The van der Waals surface area contributed by atoms with Gasteiger partial charge in [-0.2, -0.15) is 0 Å². The summed E-state index contributed by atoms with van der Waals surface area (Å²) in [4.78, 5) is 22.9. The van der Waals surface area contributed by atoms with Crippen molar-refractivity contribution in [3.8, 4) is 0 Å². The molecule has 0 aromatic carbocycles. The van der Waals surface area contributed by atoms with E-state index < -0.39 is 11.4 Å². The molecular formula is C14H24N2O3. The van der Waals surface area contributed by atoms with Gasteiger partial charge in [0.15, 0.2) is 0 Å².